The van der Waals surface area contributed by atoms with Gasteiger partial charge in [-0.05, 0) is 16.0 Å². The third-order valence-corrected chi connectivity index (χ3v) is 4.10. The Labute approximate surface area is 139 Å². The molecular formula is C15H20N6O3. The van der Waals surface area contributed by atoms with E-state index in [1.807, 2.05) is 12.1 Å². The van der Waals surface area contributed by atoms with Crippen molar-refractivity contribution >= 4 is 17.5 Å². The highest BCUT2D eigenvalue weighted by Crippen LogP contribution is 2.26. The fourth-order valence-corrected chi connectivity index (χ4v) is 2.73. The molecule has 1 aliphatic heterocycles. The van der Waals surface area contributed by atoms with Gasteiger partial charge in [-0.25, -0.2) is 4.98 Å². The Morgan fingerprint density at radius 2 is 2.17 bits per heavy atom. The number of nitrogens with one attached hydrogen (secondary N) is 1. The molecule has 128 valence electrons. The van der Waals surface area contributed by atoms with Crippen LogP contribution in [0.1, 0.15) is 11.4 Å². The van der Waals surface area contributed by atoms with Crippen LogP contribution in [-0.2, 0) is 18.3 Å². The summed E-state index contributed by atoms with van der Waals surface area (Å²) in [7, 11) is 1.75. The number of ether oxygens (including phenoxy) is 1. The molecule has 0 atom stereocenters. The Morgan fingerprint density at radius 3 is 2.88 bits per heavy atom. The molecule has 1 fully saturated rings. The molecule has 3 heterocycles. The topological polar surface area (TPSA) is 98.3 Å². The van der Waals surface area contributed by atoms with Crippen molar-refractivity contribution < 1.29 is 9.66 Å². The molecule has 24 heavy (non-hydrogen) atoms. The summed E-state index contributed by atoms with van der Waals surface area (Å²) in [6, 6.07) is 3.84. The first-order valence-electron chi connectivity index (χ1n) is 7.76. The molecule has 0 saturated carbocycles. The van der Waals surface area contributed by atoms with Gasteiger partial charge in [-0.1, -0.05) is 6.07 Å². The molecule has 1 aliphatic rings. The van der Waals surface area contributed by atoms with E-state index in [1.54, 1.807) is 24.7 Å². The van der Waals surface area contributed by atoms with Gasteiger partial charge in [-0.15, -0.1) is 0 Å². The first kappa shape index (κ1) is 16.2. The summed E-state index contributed by atoms with van der Waals surface area (Å²) in [5.74, 6) is 1.71. The molecule has 9 nitrogen and oxygen atoms in total. The summed E-state index contributed by atoms with van der Waals surface area (Å²) in [5, 5.41) is 14.3. The second-order valence-corrected chi connectivity index (χ2v) is 5.59. The van der Waals surface area contributed by atoms with Crippen molar-refractivity contribution in [1.82, 2.24) is 14.5 Å². The number of nitrogens with zero attached hydrogens (tertiary/aromatic N) is 5. The van der Waals surface area contributed by atoms with Gasteiger partial charge in [-0.2, -0.15) is 0 Å². The van der Waals surface area contributed by atoms with Gasteiger partial charge in [0.1, 0.15) is 5.82 Å². The van der Waals surface area contributed by atoms with Crippen molar-refractivity contribution in [1.29, 1.82) is 0 Å². The van der Waals surface area contributed by atoms with E-state index in [-0.39, 0.29) is 5.82 Å². The molecule has 1 N–H and O–H groups in total. The molecule has 0 radical (unpaired) electrons. The van der Waals surface area contributed by atoms with E-state index in [9.17, 15) is 10.1 Å². The van der Waals surface area contributed by atoms with Crippen molar-refractivity contribution in [2.75, 3.05) is 36.5 Å². The van der Waals surface area contributed by atoms with Gasteiger partial charge in [0.2, 0.25) is 11.6 Å². The maximum Gasteiger partial charge on any atom is 0.406 e. The molecular weight excluding hydrogens is 312 g/mol. The number of morpholine rings is 1. The minimum Gasteiger partial charge on any atom is -0.378 e. The van der Waals surface area contributed by atoms with Crippen LogP contribution in [0.2, 0.25) is 0 Å². The zero-order chi connectivity index (χ0) is 17.1. The standard InChI is InChI=1S/C15H20N6O3/c1-11-18-15(21(22)23)14(19(11)2)17-10-12-4-3-5-16-13(12)20-6-8-24-9-7-20/h3-5,17H,6-10H2,1-2H3. The van der Waals surface area contributed by atoms with Crippen LogP contribution >= 0.6 is 0 Å². The maximum absolute atomic E-state index is 11.2. The van der Waals surface area contributed by atoms with Crippen LogP contribution in [0.4, 0.5) is 17.5 Å². The maximum atomic E-state index is 11.2. The Hall–Kier alpha value is -2.68. The largest absolute Gasteiger partial charge is 0.406 e. The summed E-state index contributed by atoms with van der Waals surface area (Å²) >= 11 is 0. The molecule has 3 rings (SSSR count). The van der Waals surface area contributed by atoms with Crippen molar-refractivity contribution in [3.63, 3.8) is 0 Å². The fourth-order valence-electron chi connectivity index (χ4n) is 2.73. The Kier molecular flexibility index (Phi) is 4.61. The lowest BCUT2D eigenvalue weighted by Gasteiger charge is -2.29. The molecule has 0 unspecified atom stereocenters. The Bertz CT molecular complexity index is 739. The van der Waals surface area contributed by atoms with Crippen molar-refractivity contribution in [3.05, 3.63) is 39.8 Å². The van der Waals surface area contributed by atoms with Crippen molar-refractivity contribution in [3.8, 4) is 0 Å². The number of hydrogen-bond acceptors (Lipinski definition) is 7. The van der Waals surface area contributed by atoms with Gasteiger partial charge in [-0.3, -0.25) is 4.57 Å². The lowest BCUT2D eigenvalue weighted by Crippen LogP contribution is -2.37. The average Bonchev–Trinajstić information content (AvgIpc) is 2.89. The Balaban J connectivity index is 1.82. The summed E-state index contributed by atoms with van der Waals surface area (Å²) in [6.07, 6.45) is 1.75. The summed E-state index contributed by atoms with van der Waals surface area (Å²) in [6.45, 7) is 5.09. The van der Waals surface area contributed by atoms with Crippen LogP contribution in [0.5, 0.6) is 0 Å². The second-order valence-electron chi connectivity index (χ2n) is 5.59. The zero-order valence-corrected chi connectivity index (χ0v) is 13.7. The van der Waals surface area contributed by atoms with E-state index in [4.69, 9.17) is 4.74 Å². The van der Waals surface area contributed by atoms with Crippen LogP contribution in [0.3, 0.4) is 0 Å². The lowest BCUT2D eigenvalue weighted by atomic mass is 10.2. The third-order valence-electron chi connectivity index (χ3n) is 4.10. The highest BCUT2D eigenvalue weighted by atomic mass is 16.6. The molecule has 0 spiro atoms. The molecule has 2 aromatic heterocycles. The lowest BCUT2D eigenvalue weighted by molar-refractivity contribution is -0.388. The smallest absolute Gasteiger partial charge is 0.378 e. The van der Waals surface area contributed by atoms with Crippen LogP contribution in [0.15, 0.2) is 18.3 Å². The number of aromatic nitrogens is 3. The molecule has 0 aromatic carbocycles. The van der Waals surface area contributed by atoms with Gasteiger partial charge in [0, 0.05) is 45.4 Å². The molecule has 0 bridgehead atoms. The zero-order valence-electron chi connectivity index (χ0n) is 13.7. The predicted molar refractivity (Wildman–Crippen MR) is 89.2 cm³/mol. The predicted octanol–water partition coefficient (Wildman–Crippen LogP) is 1.48. The molecule has 0 amide bonds. The first-order valence-corrected chi connectivity index (χ1v) is 7.76. The van der Waals surface area contributed by atoms with E-state index in [0.717, 1.165) is 24.5 Å². The number of nitro groups is 1. The van der Waals surface area contributed by atoms with Crippen LogP contribution in [-0.4, -0.2) is 45.8 Å². The highest BCUT2D eigenvalue weighted by molar-refractivity contribution is 5.55. The van der Waals surface area contributed by atoms with Crippen LogP contribution < -0.4 is 10.2 Å². The van der Waals surface area contributed by atoms with E-state index in [1.165, 1.54) is 0 Å². The quantitative estimate of drug-likeness (QED) is 0.654. The van der Waals surface area contributed by atoms with E-state index < -0.39 is 4.92 Å². The van der Waals surface area contributed by atoms with Crippen molar-refractivity contribution in [2.24, 2.45) is 7.05 Å². The van der Waals surface area contributed by atoms with Gasteiger partial charge >= 0.3 is 5.82 Å². The number of hydrogen-bond donors (Lipinski definition) is 1. The highest BCUT2D eigenvalue weighted by Gasteiger charge is 2.24. The monoisotopic (exact) mass is 332 g/mol. The van der Waals surface area contributed by atoms with Crippen LogP contribution in [0, 0.1) is 17.0 Å². The normalized spacial score (nSPS) is 14.7. The van der Waals surface area contributed by atoms with Crippen LogP contribution in [0.25, 0.3) is 0 Å². The summed E-state index contributed by atoms with van der Waals surface area (Å²) in [5.41, 5.74) is 0.979. The number of anilines is 2. The minimum absolute atomic E-state index is 0.160. The number of imidazole rings is 1. The Morgan fingerprint density at radius 1 is 1.42 bits per heavy atom. The number of rotatable bonds is 5. The van der Waals surface area contributed by atoms with E-state index in [2.05, 4.69) is 20.2 Å². The number of aryl methyl sites for hydroxylation is 1. The summed E-state index contributed by atoms with van der Waals surface area (Å²) in [4.78, 5) is 21.3. The molecule has 0 aliphatic carbocycles. The fraction of sp³-hybridized carbons (Fsp3) is 0.467. The van der Waals surface area contributed by atoms with Crippen molar-refractivity contribution in [2.45, 2.75) is 13.5 Å². The average molecular weight is 332 g/mol. The minimum atomic E-state index is -0.471. The molecule has 2 aromatic rings. The number of pyridine rings is 1. The summed E-state index contributed by atoms with van der Waals surface area (Å²) < 4.78 is 7.06. The van der Waals surface area contributed by atoms with Gasteiger partial charge in [0.15, 0.2) is 0 Å². The van der Waals surface area contributed by atoms with Gasteiger partial charge in [0.05, 0.1) is 13.2 Å². The van der Waals surface area contributed by atoms with E-state index in [0.29, 0.717) is 31.4 Å². The first-order chi connectivity index (χ1) is 11.6. The van der Waals surface area contributed by atoms with Gasteiger partial charge in [0.25, 0.3) is 0 Å². The van der Waals surface area contributed by atoms with Gasteiger partial charge < -0.3 is 25.1 Å². The molecule has 1 saturated heterocycles. The second kappa shape index (κ2) is 6.83. The van der Waals surface area contributed by atoms with E-state index >= 15 is 0 Å². The third kappa shape index (κ3) is 3.16. The SMILES string of the molecule is Cc1nc([N+](=O)[O-])c(NCc2cccnc2N2CCOCC2)n1C. The molecule has 9 heteroatoms.